The van der Waals surface area contributed by atoms with Crippen LogP contribution in [0.1, 0.15) is 0 Å². The Hall–Kier alpha value is -2.14. The molecule has 3 aromatic rings. The monoisotopic (exact) mass is 344 g/mol. The van der Waals surface area contributed by atoms with Crippen molar-refractivity contribution in [3.63, 3.8) is 0 Å². The summed E-state index contributed by atoms with van der Waals surface area (Å²) in [5.74, 6) is 0.801. The molecule has 0 radical (unpaired) electrons. The van der Waals surface area contributed by atoms with Crippen molar-refractivity contribution < 1.29 is 4.74 Å². The number of ether oxygens (including phenoxy) is 1. The van der Waals surface area contributed by atoms with Gasteiger partial charge in [-0.05, 0) is 30.3 Å². The predicted octanol–water partition coefficient (Wildman–Crippen LogP) is 3.24. The molecule has 0 aliphatic heterocycles. The van der Waals surface area contributed by atoms with Gasteiger partial charge in [0.1, 0.15) is 12.4 Å². The van der Waals surface area contributed by atoms with E-state index in [1.807, 2.05) is 48.5 Å². The van der Waals surface area contributed by atoms with Crippen LogP contribution in [0.2, 0.25) is 0 Å². The highest BCUT2D eigenvalue weighted by Gasteiger charge is 2.03. The van der Waals surface area contributed by atoms with Crippen LogP contribution in [-0.2, 0) is 6.54 Å². The van der Waals surface area contributed by atoms with E-state index in [9.17, 15) is 4.79 Å². The largest absolute Gasteiger partial charge is 0.492 e. The Balaban J connectivity index is 1.77. The quantitative estimate of drug-likeness (QED) is 0.729. The summed E-state index contributed by atoms with van der Waals surface area (Å²) in [4.78, 5) is 11.8. The van der Waals surface area contributed by atoms with Crippen molar-refractivity contribution in [3.05, 3.63) is 69.4 Å². The third-order valence-electron chi connectivity index (χ3n) is 3.13. The van der Waals surface area contributed by atoms with Gasteiger partial charge < -0.3 is 4.74 Å². The molecule has 0 N–H and O–H groups in total. The molecule has 0 amide bonds. The zero-order valence-corrected chi connectivity index (χ0v) is 12.8. The van der Waals surface area contributed by atoms with Crippen LogP contribution in [0.15, 0.2) is 64.0 Å². The second kappa shape index (κ2) is 6.10. The Morgan fingerprint density at radius 2 is 2.00 bits per heavy atom. The fourth-order valence-electron chi connectivity index (χ4n) is 2.15. The summed E-state index contributed by atoms with van der Waals surface area (Å²) < 4.78 is 8.47. The fourth-order valence-corrected chi connectivity index (χ4v) is 2.52. The van der Waals surface area contributed by atoms with Crippen molar-refractivity contribution >= 4 is 26.8 Å². The molecular weight excluding hydrogens is 332 g/mol. The molecule has 1 aromatic heterocycles. The molecule has 0 aliphatic rings. The number of para-hydroxylation sites is 1. The Morgan fingerprint density at radius 1 is 1.14 bits per heavy atom. The molecule has 0 saturated carbocycles. The summed E-state index contributed by atoms with van der Waals surface area (Å²) in [6.07, 6.45) is 1.35. The number of hydrogen-bond acceptors (Lipinski definition) is 3. The van der Waals surface area contributed by atoms with Crippen LogP contribution in [-0.4, -0.2) is 16.4 Å². The van der Waals surface area contributed by atoms with Gasteiger partial charge in [-0.2, -0.15) is 5.10 Å². The number of halogens is 1. The van der Waals surface area contributed by atoms with Gasteiger partial charge in [0.2, 0.25) is 5.43 Å². The second-order valence-corrected chi connectivity index (χ2v) is 5.47. The van der Waals surface area contributed by atoms with E-state index in [1.54, 1.807) is 4.68 Å². The van der Waals surface area contributed by atoms with Gasteiger partial charge in [0.05, 0.1) is 18.3 Å². The molecule has 1 heterocycles. The first-order valence-electron chi connectivity index (χ1n) is 6.57. The summed E-state index contributed by atoms with van der Waals surface area (Å²) >= 11 is 3.41. The summed E-state index contributed by atoms with van der Waals surface area (Å²) in [5.41, 5.74) is 0.762. The van der Waals surface area contributed by atoms with Crippen LogP contribution in [0, 0.1) is 0 Å². The highest BCUT2D eigenvalue weighted by molar-refractivity contribution is 9.10. The third-order valence-corrected chi connectivity index (χ3v) is 3.62. The predicted molar refractivity (Wildman–Crippen MR) is 85.6 cm³/mol. The van der Waals surface area contributed by atoms with Gasteiger partial charge in [-0.1, -0.05) is 34.1 Å². The van der Waals surface area contributed by atoms with Crippen LogP contribution in [0.5, 0.6) is 5.75 Å². The highest BCUT2D eigenvalue weighted by atomic mass is 79.9. The van der Waals surface area contributed by atoms with Gasteiger partial charge in [0.15, 0.2) is 0 Å². The molecular formula is C16H13BrN2O2. The Labute approximate surface area is 130 Å². The number of hydrogen-bond donors (Lipinski definition) is 0. The minimum atomic E-state index is -0.0604. The van der Waals surface area contributed by atoms with E-state index in [0.29, 0.717) is 18.5 Å². The lowest BCUT2D eigenvalue weighted by atomic mass is 10.2. The molecule has 21 heavy (non-hydrogen) atoms. The van der Waals surface area contributed by atoms with Crippen molar-refractivity contribution in [2.45, 2.75) is 6.54 Å². The van der Waals surface area contributed by atoms with E-state index < -0.39 is 0 Å². The summed E-state index contributed by atoms with van der Waals surface area (Å²) in [6, 6.07) is 15.1. The molecule has 0 atom stereocenters. The Morgan fingerprint density at radius 3 is 2.86 bits per heavy atom. The van der Waals surface area contributed by atoms with Gasteiger partial charge in [-0.25, -0.2) is 0 Å². The third kappa shape index (κ3) is 3.13. The fraction of sp³-hybridized carbons (Fsp3) is 0.125. The zero-order valence-electron chi connectivity index (χ0n) is 11.2. The SMILES string of the molecule is O=c1cnn(CCOc2cccc(Br)c2)c2ccccc12. The molecule has 4 nitrogen and oxygen atoms in total. The molecule has 2 aromatic carbocycles. The Bertz CT molecular complexity index is 830. The minimum absolute atomic E-state index is 0.0604. The first-order chi connectivity index (χ1) is 10.2. The van der Waals surface area contributed by atoms with Gasteiger partial charge in [0, 0.05) is 9.86 Å². The second-order valence-electron chi connectivity index (χ2n) is 4.55. The van der Waals surface area contributed by atoms with Crippen LogP contribution < -0.4 is 10.2 Å². The molecule has 0 saturated heterocycles. The number of rotatable bonds is 4. The highest BCUT2D eigenvalue weighted by Crippen LogP contribution is 2.17. The topological polar surface area (TPSA) is 44.1 Å². The lowest BCUT2D eigenvalue weighted by molar-refractivity contribution is 0.293. The molecule has 0 spiro atoms. The van der Waals surface area contributed by atoms with E-state index in [4.69, 9.17) is 4.74 Å². The van der Waals surface area contributed by atoms with Gasteiger partial charge >= 0.3 is 0 Å². The molecule has 106 valence electrons. The number of fused-ring (bicyclic) bond motifs is 1. The van der Waals surface area contributed by atoms with Crippen molar-refractivity contribution in [1.82, 2.24) is 9.78 Å². The summed E-state index contributed by atoms with van der Waals surface area (Å²) in [5, 5.41) is 4.85. The van der Waals surface area contributed by atoms with Gasteiger partial charge in [-0.3, -0.25) is 9.48 Å². The van der Waals surface area contributed by atoms with E-state index in [2.05, 4.69) is 21.0 Å². The van der Waals surface area contributed by atoms with Gasteiger partial charge in [0.25, 0.3) is 0 Å². The van der Waals surface area contributed by atoms with E-state index in [1.165, 1.54) is 6.20 Å². The Kier molecular flexibility index (Phi) is 4.01. The van der Waals surface area contributed by atoms with Crippen LogP contribution in [0.4, 0.5) is 0 Å². The maximum atomic E-state index is 11.8. The summed E-state index contributed by atoms with van der Waals surface area (Å²) in [7, 11) is 0. The van der Waals surface area contributed by atoms with E-state index in [0.717, 1.165) is 15.7 Å². The first-order valence-corrected chi connectivity index (χ1v) is 7.36. The molecule has 5 heteroatoms. The van der Waals surface area contributed by atoms with Crippen molar-refractivity contribution in [2.75, 3.05) is 6.61 Å². The van der Waals surface area contributed by atoms with Gasteiger partial charge in [-0.15, -0.1) is 0 Å². The maximum Gasteiger partial charge on any atom is 0.207 e. The van der Waals surface area contributed by atoms with Crippen molar-refractivity contribution in [3.8, 4) is 5.75 Å². The average molecular weight is 345 g/mol. The summed E-state index contributed by atoms with van der Waals surface area (Å²) in [6.45, 7) is 1.06. The first kappa shape index (κ1) is 13.8. The van der Waals surface area contributed by atoms with Crippen LogP contribution in [0.25, 0.3) is 10.9 Å². The van der Waals surface area contributed by atoms with Crippen LogP contribution in [0.3, 0.4) is 0 Å². The lowest BCUT2D eigenvalue weighted by Gasteiger charge is -2.10. The standard InChI is InChI=1S/C16H13BrN2O2/c17-12-4-3-5-13(10-12)21-9-8-19-15-7-2-1-6-14(15)16(20)11-18-19/h1-7,10-11H,8-9H2. The number of benzene rings is 2. The maximum absolute atomic E-state index is 11.8. The zero-order chi connectivity index (χ0) is 14.7. The number of nitrogens with zero attached hydrogens (tertiary/aromatic N) is 2. The van der Waals surface area contributed by atoms with E-state index >= 15 is 0 Å². The van der Waals surface area contributed by atoms with Crippen molar-refractivity contribution in [2.24, 2.45) is 0 Å². The molecule has 0 unspecified atom stereocenters. The lowest BCUT2D eigenvalue weighted by Crippen LogP contribution is -2.16. The average Bonchev–Trinajstić information content (AvgIpc) is 2.50. The number of aromatic nitrogens is 2. The van der Waals surface area contributed by atoms with E-state index in [-0.39, 0.29) is 5.43 Å². The minimum Gasteiger partial charge on any atom is -0.492 e. The molecule has 3 rings (SSSR count). The normalized spacial score (nSPS) is 10.7. The smallest absolute Gasteiger partial charge is 0.207 e. The molecule has 0 fully saturated rings. The van der Waals surface area contributed by atoms with Crippen LogP contribution >= 0.6 is 15.9 Å². The van der Waals surface area contributed by atoms with Crippen molar-refractivity contribution in [1.29, 1.82) is 0 Å². The molecule has 0 bridgehead atoms. The molecule has 0 aliphatic carbocycles.